The minimum Gasteiger partial charge on any atom is -0.310 e. The van der Waals surface area contributed by atoms with Crippen molar-refractivity contribution in [2.45, 2.75) is 19.3 Å². The Labute approximate surface area is 351 Å². The lowest BCUT2D eigenvalue weighted by molar-refractivity contribution is 0.633. The smallest absolute Gasteiger partial charge is 0.179 e. The standard InChI is InChI=1S/C55H42N4Si/c1-55(2)47-27-12-13-29-50(47)58(40-20-6-3-7-21-40)53-38-52-46(37-48(53)55)45-32-31-44(36-51(45)59(52)54-30-15-17-34-57-54)60(41-22-8-4-9-23-41,42-24-10-5-11-25-42)43-26-18-19-39(35-43)49-28-14-16-33-56-49/h3-38H,1-2H3. The number of hydrogen-bond acceptors (Lipinski definition) is 3. The Morgan fingerprint density at radius 2 is 1.05 bits per heavy atom. The number of rotatable bonds is 7. The van der Waals surface area contributed by atoms with Crippen molar-refractivity contribution in [1.82, 2.24) is 14.5 Å². The van der Waals surface area contributed by atoms with Crippen molar-refractivity contribution in [1.29, 1.82) is 0 Å². The molecular formula is C55H42N4Si. The molecule has 4 heterocycles. The summed E-state index contributed by atoms with van der Waals surface area (Å²) in [6.07, 6.45) is 3.78. The van der Waals surface area contributed by atoms with Crippen LogP contribution in [0.1, 0.15) is 25.0 Å². The Hall–Kier alpha value is -7.34. The van der Waals surface area contributed by atoms with Gasteiger partial charge in [0.25, 0.3) is 0 Å². The molecule has 1 aliphatic rings. The largest absolute Gasteiger partial charge is 0.310 e. The molecule has 10 aromatic rings. The van der Waals surface area contributed by atoms with Gasteiger partial charge in [-0.3, -0.25) is 9.55 Å². The molecule has 0 radical (unpaired) electrons. The molecule has 286 valence electrons. The van der Waals surface area contributed by atoms with E-state index >= 15 is 0 Å². The van der Waals surface area contributed by atoms with Gasteiger partial charge in [0.05, 0.1) is 28.1 Å². The predicted octanol–water partition coefficient (Wildman–Crippen LogP) is 10.7. The van der Waals surface area contributed by atoms with Gasteiger partial charge in [-0.25, -0.2) is 4.98 Å². The average Bonchev–Trinajstić information content (AvgIpc) is 3.63. The van der Waals surface area contributed by atoms with Crippen LogP contribution in [0.4, 0.5) is 17.1 Å². The molecule has 0 saturated heterocycles. The highest BCUT2D eigenvalue weighted by atomic mass is 28.3. The van der Waals surface area contributed by atoms with Crippen LogP contribution in [0.15, 0.2) is 219 Å². The summed E-state index contributed by atoms with van der Waals surface area (Å²) >= 11 is 0. The van der Waals surface area contributed by atoms with Gasteiger partial charge in [-0.15, -0.1) is 0 Å². The molecule has 0 amide bonds. The van der Waals surface area contributed by atoms with E-state index in [1.54, 1.807) is 0 Å². The fourth-order valence-electron chi connectivity index (χ4n) is 9.85. The first-order chi connectivity index (χ1) is 29.5. The van der Waals surface area contributed by atoms with Gasteiger partial charge in [0.2, 0.25) is 0 Å². The van der Waals surface area contributed by atoms with Crippen LogP contribution in [0.25, 0.3) is 38.9 Å². The van der Waals surface area contributed by atoms with E-state index in [2.05, 4.69) is 217 Å². The lowest BCUT2D eigenvalue weighted by Gasteiger charge is -2.42. The third kappa shape index (κ3) is 5.50. The lowest BCUT2D eigenvalue weighted by atomic mass is 9.73. The van der Waals surface area contributed by atoms with Crippen LogP contribution in [-0.4, -0.2) is 22.6 Å². The summed E-state index contributed by atoms with van der Waals surface area (Å²) in [6.45, 7) is 4.74. The minimum atomic E-state index is -2.97. The number of aromatic nitrogens is 3. The van der Waals surface area contributed by atoms with Gasteiger partial charge in [-0.2, -0.15) is 0 Å². The first-order valence-corrected chi connectivity index (χ1v) is 22.7. The van der Waals surface area contributed by atoms with Crippen molar-refractivity contribution in [3.8, 4) is 17.1 Å². The average molecular weight is 787 g/mol. The third-order valence-electron chi connectivity index (χ3n) is 12.6. The molecule has 11 rings (SSSR count). The topological polar surface area (TPSA) is 34.0 Å². The Morgan fingerprint density at radius 3 is 1.75 bits per heavy atom. The molecule has 0 saturated carbocycles. The van der Waals surface area contributed by atoms with Gasteiger partial charge >= 0.3 is 0 Å². The normalized spacial score (nSPS) is 13.3. The number of pyridine rings is 2. The number of para-hydroxylation sites is 2. The zero-order valence-electron chi connectivity index (χ0n) is 33.6. The van der Waals surface area contributed by atoms with Crippen molar-refractivity contribution in [2.75, 3.05) is 4.90 Å². The zero-order chi connectivity index (χ0) is 40.3. The Morgan fingerprint density at radius 1 is 0.433 bits per heavy atom. The van der Waals surface area contributed by atoms with E-state index in [0.717, 1.165) is 33.8 Å². The van der Waals surface area contributed by atoms with Gasteiger partial charge in [-0.1, -0.05) is 159 Å². The first-order valence-electron chi connectivity index (χ1n) is 20.7. The van der Waals surface area contributed by atoms with Crippen LogP contribution in [0, 0.1) is 0 Å². The molecular weight excluding hydrogens is 745 g/mol. The van der Waals surface area contributed by atoms with Crippen LogP contribution >= 0.6 is 0 Å². The number of anilines is 3. The van der Waals surface area contributed by atoms with Gasteiger partial charge in [0, 0.05) is 39.8 Å². The van der Waals surface area contributed by atoms with Crippen LogP contribution in [-0.2, 0) is 5.41 Å². The summed E-state index contributed by atoms with van der Waals surface area (Å²) in [7, 11) is -2.97. The molecule has 0 N–H and O–H groups in total. The Bertz CT molecular complexity index is 3120. The highest BCUT2D eigenvalue weighted by molar-refractivity contribution is 7.20. The van der Waals surface area contributed by atoms with Gasteiger partial charge < -0.3 is 4.90 Å². The molecule has 0 bridgehead atoms. The highest BCUT2D eigenvalue weighted by Gasteiger charge is 2.43. The van der Waals surface area contributed by atoms with E-state index < -0.39 is 8.07 Å². The number of fused-ring (bicyclic) bond motifs is 5. The van der Waals surface area contributed by atoms with Gasteiger partial charge in [0.15, 0.2) is 8.07 Å². The fraction of sp³-hybridized carbons (Fsp3) is 0.0545. The second kappa shape index (κ2) is 14.2. The van der Waals surface area contributed by atoms with Crippen molar-refractivity contribution in [3.05, 3.63) is 230 Å². The van der Waals surface area contributed by atoms with Crippen LogP contribution in [0.5, 0.6) is 0 Å². The number of nitrogens with zero attached hydrogens (tertiary/aromatic N) is 4. The van der Waals surface area contributed by atoms with Crippen molar-refractivity contribution in [3.63, 3.8) is 0 Å². The highest BCUT2D eigenvalue weighted by Crippen LogP contribution is 2.53. The van der Waals surface area contributed by atoms with Gasteiger partial charge in [-0.05, 0) is 92.5 Å². The fourth-order valence-corrected chi connectivity index (χ4v) is 14.6. The number of hydrogen-bond donors (Lipinski definition) is 0. The Kier molecular flexibility index (Phi) is 8.46. The van der Waals surface area contributed by atoms with Gasteiger partial charge in [0.1, 0.15) is 5.82 Å². The summed E-state index contributed by atoms with van der Waals surface area (Å²) in [4.78, 5) is 12.3. The summed E-state index contributed by atoms with van der Waals surface area (Å²) in [6, 6.07) is 75.6. The maximum atomic E-state index is 5.04. The summed E-state index contributed by atoms with van der Waals surface area (Å²) in [5.41, 5.74) is 10.2. The minimum absolute atomic E-state index is 0.244. The van der Waals surface area contributed by atoms with Crippen LogP contribution in [0.2, 0.25) is 0 Å². The summed E-state index contributed by atoms with van der Waals surface area (Å²) in [5.74, 6) is 0.889. The summed E-state index contributed by atoms with van der Waals surface area (Å²) in [5, 5.41) is 7.66. The molecule has 0 spiro atoms. The monoisotopic (exact) mass is 786 g/mol. The molecule has 5 heteroatoms. The van der Waals surface area contributed by atoms with E-state index in [4.69, 9.17) is 9.97 Å². The molecule has 7 aromatic carbocycles. The van der Waals surface area contributed by atoms with Crippen molar-refractivity contribution >= 4 is 67.7 Å². The van der Waals surface area contributed by atoms with Crippen LogP contribution in [0.3, 0.4) is 0 Å². The molecule has 0 aliphatic carbocycles. The maximum absolute atomic E-state index is 5.04. The molecule has 60 heavy (non-hydrogen) atoms. The SMILES string of the molecule is CC1(C)c2ccccc2N(c2ccccc2)c2cc3c(cc21)c1ccc([Si](c2ccccc2)(c2ccccc2)c2cccc(-c4ccccn4)c2)cc1n3-c1ccccn1. The summed E-state index contributed by atoms with van der Waals surface area (Å²) < 4.78 is 2.39. The quantitative estimate of drug-likeness (QED) is 0.119. The second-order valence-electron chi connectivity index (χ2n) is 16.2. The molecule has 0 atom stereocenters. The maximum Gasteiger partial charge on any atom is 0.179 e. The zero-order valence-corrected chi connectivity index (χ0v) is 34.6. The van der Waals surface area contributed by atoms with Crippen molar-refractivity contribution < 1.29 is 0 Å². The predicted molar refractivity (Wildman–Crippen MR) is 252 cm³/mol. The third-order valence-corrected chi connectivity index (χ3v) is 17.4. The van der Waals surface area contributed by atoms with E-state index in [9.17, 15) is 0 Å². The van der Waals surface area contributed by atoms with Crippen molar-refractivity contribution in [2.24, 2.45) is 0 Å². The molecule has 3 aromatic heterocycles. The number of benzene rings is 7. The second-order valence-corrected chi connectivity index (χ2v) is 20.0. The Balaban J connectivity index is 1.25. The molecule has 4 nitrogen and oxygen atoms in total. The lowest BCUT2D eigenvalue weighted by Crippen LogP contribution is -2.74. The van der Waals surface area contributed by atoms with E-state index in [1.807, 2.05) is 24.5 Å². The first kappa shape index (κ1) is 35.8. The van der Waals surface area contributed by atoms with E-state index in [1.165, 1.54) is 54.0 Å². The molecule has 0 fully saturated rings. The van der Waals surface area contributed by atoms with E-state index in [-0.39, 0.29) is 5.41 Å². The molecule has 1 aliphatic heterocycles. The van der Waals surface area contributed by atoms with Crippen LogP contribution < -0.4 is 25.6 Å². The van der Waals surface area contributed by atoms with E-state index in [0.29, 0.717) is 0 Å². The molecule has 0 unspecified atom stereocenters.